The number of rotatable bonds is 3. The summed E-state index contributed by atoms with van der Waals surface area (Å²) in [6, 6.07) is 8.03. The standard InChI is InChI=1S/C13H9FINO2/c14-11-8-9(15)3-5-12(11)16-13(17)6-4-10-2-1-7-18-10/h1-8H,(H,16,17)/b6-4+. The van der Waals surface area contributed by atoms with E-state index in [0.717, 1.165) is 3.57 Å². The third kappa shape index (κ3) is 3.43. The van der Waals surface area contributed by atoms with Crippen LogP contribution in [0.1, 0.15) is 5.76 Å². The predicted molar refractivity (Wildman–Crippen MR) is 75.5 cm³/mol. The van der Waals surface area contributed by atoms with Crippen LogP contribution >= 0.6 is 22.6 Å². The Kier molecular flexibility index (Phi) is 4.14. The average molecular weight is 357 g/mol. The van der Waals surface area contributed by atoms with Gasteiger partial charge in [0.1, 0.15) is 11.6 Å². The molecule has 0 saturated heterocycles. The molecule has 1 aromatic carbocycles. The van der Waals surface area contributed by atoms with Crippen molar-refractivity contribution in [3.05, 3.63) is 57.8 Å². The van der Waals surface area contributed by atoms with Gasteiger partial charge in [0.25, 0.3) is 0 Å². The molecule has 0 radical (unpaired) electrons. The van der Waals surface area contributed by atoms with E-state index < -0.39 is 11.7 Å². The van der Waals surface area contributed by atoms with Gasteiger partial charge in [0.05, 0.1) is 12.0 Å². The minimum atomic E-state index is -0.457. The van der Waals surface area contributed by atoms with E-state index in [0.29, 0.717) is 5.76 Å². The van der Waals surface area contributed by atoms with Crippen LogP contribution in [0.15, 0.2) is 47.1 Å². The lowest BCUT2D eigenvalue weighted by Crippen LogP contribution is -2.09. The van der Waals surface area contributed by atoms with Crippen LogP contribution in [0.5, 0.6) is 0 Å². The van der Waals surface area contributed by atoms with Crippen molar-refractivity contribution in [3.8, 4) is 0 Å². The number of carbonyl (C=O) groups excluding carboxylic acids is 1. The average Bonchev–Trinajstić information content (AvgIpc) is 2.83. The molecule has 0 aliphatic heterocycles. The summed E-state index contributed by atoms with van der Waals surface area (Å²) in [4.78, 5) is 11.5. The van der Waals surface area contributed by atoms with E-state index in [4.69, 9.17) is 4.42 Å². The van der Waals surface area contributed by atoms with E-state index in [1.165, 1.54) is 30.5 Å². The fourth-order valence-electron chi connectivity index (χ4n) is 1.31. The third-order valence-corrected chi connectivity index (χ3v) is 2.80. The SMILES string of the molecule is O=C(/C=C/c1ccco1)Nc1ccc(I)cc1F. The Morgan fingerprint density at radius 2 is 2.22 bits per heavy atom. The molecule has 0 bridgehead atoms. The van der Waals surface area contributed by atoms with Crippen molar-refractivity contribution in [1.29, 1.82) is 0 Å². The van der Waals surface area contributed by atoms with Gasteiger partial charge in [0, 0.05) is 9.65 Å². The van der Waals surface area contributed by atoms with Gasteiger partial charge in [-0.3, -0.25) is 4.79 Å². The Balaban J connectivity index is 2.03. The Morgan fingerprint density at radius 3 is 2.89 bits per heavy atom. The second kappa shape index (κ2) is 5.81. The fraction of sp³-hybridized carbons (Fsp3) is 0. The van der Waals surface area contributed by atoms with Gasteiger partial charge in [-0.15, -0.1) is 0 Å². The predicted octanol–water partition coefficient (Wildman–Crippen LogP) is 3.68. The molecule has 0 aliphatic rings. The largest absolute Gasteiger partial charge is 0.465 e. The number of hydrogen-bond acceptors (Lipinski definition) is 2. The highest BCUT2D eigenvalue weighted by atomic mass is 127. The number of halogens is 2. The van der Waals surface area contributed by atoms with Gasteiger partial charge in [-0.2, -0.15) is 0 Å². The van der Waals surface area contributed by atoms with Crippen LogP contribution in [0.2, 0.25) is 0 Å². The Labute approximate surface area is 117 Å². The molecule has 0 spiro atoms. The van der Waals surface area contributed by atoms with Crippen LogP contribution in [0.3, 0.4) is 0 Å². The summed E-state index contributed by atoms with van der Waals surface area (Å²) < 4.78 is 19.3. The highest BCUT2D eigenvalue weighted by Gasteiger charge is 2.04. The van der Waals surface area contributed by atoms with E-state index in [-0.39, 0.29) is 5.69 Å². The van der Waals surface area contributed by atoms with Gasteiger partial charge in [0.15, 0.2) is 0 Å². The lowest BCUT2D eigenvalue weighted by atomic mass is 10.3. The van der Waals surface area contributed by atoms with Gasteiger partial charge in [-0.1, -0.05) is 0 Å². The van der Waals surface area contributed by atoms with Gasteiger partial charge in [-0.25, -0.2) is 4.39 Å². The molecular weight excluding hydrogens is 348 g/mol. The second-order valence-corrected chi connectivity index (χ2v) is 4.71. The summed E-state index contributed by atoms with van der Waals surface area (Å²) in [5, 5.41) is 2.45. The fourth-order valence-corrected chi connectivity index (χ4v) is 1.76. The van der Waals surface area contributed by atoms with Crippen LogP contribution in [-0.2, 0) is 4.79 Å². The molecule has 5 heteroatoms. The zero-order valence-electron chi connectivity index (χ0n) is 9.19. The number of benzene rings is 1. The highest BCUT2D eigenvalue weighted by molar-refractivity contribution is 14.1. The lowest BCUT2D eigenvalue weighted by molar-refractivity contribution is -0.111. The molecule has 92 valence electrons. The smallest absolute Gasteiger partial charge is 0.248 e. The molecule has 0 aliphatic carbocycles. The first kappa shape index (κ1) is 12.8. The lowest BCUT2D eigenvalue weighted by Gasteiger charge is -2.03. The molecule has 0 unspecified atom stereocenters. The zero-order valence-corrected chi connectivity index (χ0v) is 11.3. The molecule has 3 nitrogen and oxygen atoms in total. The van der Waals surface area contributed by atoms with Crippen LogP contribution in [-0.4, -0.2) is 5.91 Å². The topological polar surface area (TPSA) is 42.2 Å². The van der Waals surface area contributed by atoms with Crippen molar-refractivity contribution in [1.82, 2.24) is 0 Å². The molecule has 1 N–H and O–H groups in total. The first-order valence-corrected chi connectivity index (χ1v) is 6.20. The first-order valence-electron chi connectivity index (χ1n) is 5.13. The Morgan fingerprint density at radius 1 is 1.39 bits per heavy atom. The maximum Gasteiger partial charge on any atom is 0.248 e. The van der Waals surface area contributed by atoms with Crippen molar-refractivity contribution >= 4 is 40.3 Å². The number of anilines is 1. The monoisotopic (exact) mass is 357 g/mol. The van der Waals surface area contributed by atoms with Gasteiger partial charge >= 0.3 is 0 Å². The summed E-state index contributed by atoms with van der Waals surface area (Å²) >= 11 is 2.00. The number of furan rings is 1. The van der Waals surface area contributed by atoms with E-state index in [1.54, 1.807) is 18.2 Å². The second-order valence-electron chi connectivity index (χ2n) is 3.46. The Hall–Kier alpha value is -1.63. The van der Waals surface area contributed by atoms with Crippen molar-refractivity contribution < 1.29 is 13.6 Å². The number of hydrogen-bond donors (Lipinski definition) is 1. The summed E-state index contributed by atoms with van der Waals surface area (Å²) in [6.07, 6.45) is 4.31. The summed E-state index contributed by atoms with van der Waals surface area (Å²) in [7, 11) is 0. The highest BCUT2D eigenvalue weighted by Crippen LogP contribution is 2.17. The minimum absolute atomic E-state index is 0.157. The summed E-state index contributed by atoms with van der Waals surface area (Å²) in [6.45, 7) is 0. The zero-order chi connectivity index (χ0) is 13.0. The number of nitrogens with one attached hydrogen (secondary N) is 1. The van der Waals surface area contributed by atoms with E-state index in [2.05, 4.69) is 5.32 Å². The summed E-state index contributed by atoms with van der Waals surface area (Å²) in [5.41, 5.74) is 0.157. The van der Waals surface area contributed by atoms with Crippen molar-refractivity contribution in [2.45, 2.75) is 0 Å². The van der Waals surface area contributed by atoms with Crippen molar-refractivity contribution in [2.24, 2.45) is 0 Å². The molecule has 1 heterocycles. The first-order chi connectivity index (χ1) is 8.65. The van der Waals surface area contributed by atoms with Crippen LogP contribution in [0, 0.1) is 9.39 Å². The molecule has 0 saturated carbocycles. The molecule has 1 aromatic heterocycles. The molecule has 1 amide bonds. The molecule has 0 atom stereocenters. The molecule has 18 heavy (non-hydrogen) atoms. The normalized spacial score (nSPS) is 10.8. The maximum atomic E-state index is 13.5. The molecule has 0 fully saturated rings. The number of carbonyl (C=O) groups is 1. The molecular formula is C13H9FINO2. The van der Waals surface area contributed by atoms with Gasteiger partial charge in [-0.05, 0) is 59.0 Å². The quantitative estimate of drug-likeness (QED) is 0.673. The van der Waals surface area contributed by atoms with Crippen molar-refractivity contribution in [2.75, 3.05) is 5.32 Å². The van der Waals surface area contributed by atoms with E-state index >= 15 is 0 Å². The third-order valence-electron chi connectivity index (χ3n) is 2.13. The van der Waals surface area contributed by atoms with Crippen LogP contribution < -0.4 is 5.32 Å². The van der Waals surface area contributed by atoms with Gasteiger partial charge in [0.2, 0.25) is 5.91 Å². The Bertz CT molecular complexity index is 579. The summed E-state index contributed by atoms with van der Waals surface area (Å²) in [5.74, 6) is -0.304. The molecule has 2 rings (SSSR count). The molecule has 2 aromatic rings. The van der Waals surface area contributed by atoms with Crippen LogP contribution in [0.25, 0.3) is 6.08 Å². The van der Waals surface area contributed by atoms with Gasteiger partial charge < -0.3 is 9.73 Å². The van der Waals surface area contributed by atoms with E-state index in [9.17, 15) is 9.18 Å². The minimum Gasteiger partial charge on any atom is -0.465 e. The van der Waals surface area contributed by atoms with E-state index in [1.807, 2.05) is 22.6 Å². The van der Waals surface area contributed by atoms with Crippen molar-refractivity contribution in [3.63, 3.8) is 0 Å². The van der Waals surface area contributed by atoms with Crippen LogP contribution in [0.4, 0.5) is 10.1 Å². The number of amides is 1. The maximum absolute atomic E-state index is 13.5.